The molecule has 88 valence electrons. The maximum absolute atomic E-state index is 11.0. The van der Waals surface area contributed by atoms with Gasteiger partial charge in [-0.1, -0.05) is 17.7 Å². The smallest absolute Gasteiger partial charge is 0.352 e. The van der Waals surface area contributed by atoms with E-state index < -0.39 is 5.97 Å². The normalized spacial score (nSPS) is 10.4. The summed E-state index contributed by atoms with van der Waals surface area (Å²) < 4.78 is 1.62. The number of aryl methyl sites for hydroxylation is 2. The van der Waals surface area contributed by atoms with Crippen LogP contribution in [0.5, 0.6) is 0 Å². The molecule has 2 aromatic heterocycles. The molecular weight excluding hydrogens is 240 g/mol. The minimum Gasteiger partial charge on any atom is -0.477 e. The zero-order chi connectivity index (χ0) is 12.3. The second-order valence-corrected chi connectivity index (χ2v) is 4.05. The van der Waals surface area contributed by atoms with Crippen molar-refractivity contribution < 1.29 is 9.90 Å². The van der Waals surface area contributed by atoms with Gasteiger partial charge in [-0.05, 0) is 18.2 Å². The monoisotopic (exact) mass is 250 g/mol. The Labute approximate surface area is 103 Å². The van der Waals surface area contributed by atoms with Gasteiger partial charge in [-0.3, -0.25) is 4.98 Å². The summed E-state index contributed by atoms with van der Waals surface area (Å²) in [4.78, 5) is 15.1. The summed E-state index contributed by atoms with van der Waals surface area (Å²) in [6.07, 6.45) is 4.01. The van der Waals surface area contributed by atoms with Crippen LogP contribution in [-0.4, -0.2) is 20.6 Å². The van der Waals surface area contributed by atoms with Crippen LogP contribution in [0.25, 0.3) is 0 Å². The first-order valence-corrected chi connectivity index (χ1v) is 5.53. The van der Waals surface area contributed by atoms with E-state index in [0.29, 0.717) is 18.0 Å². The topological polar surface area (TPSA) is 55.1 Å². The number of rotatable bonds is 4. The number of hydrogen-bond donors (Lipinski definition) is 1. The molecule has 0 amide bonds. The first kappa shape index (κ1) is 11.7. The van der Waals surface area contributed by atoms with E-state index in [9.17, 15) is 4.79 Å². The predicted octanol–water partition coefficient (Wildman–Crippen LogP) is 2.48. The fourth-order valence-electron chi connectivity index (χ4n) is 1.62. The lowest BCUT2D eigenvalue weighted by Gasteiger charge is -2.05. The first-order valence-electron chi connectivity index (χ1n) is 5.15. The van der Waals surface area contributed by atoms with Crippen LogP contribution in [0.4, 0.5) is 0 Å². The van der Waals surface area contributed by atoms with E-state index in [1.807, 2.05) is 18.2 Å². The van der Waals surface area contributed by atoms with Gasteiger partial charge < -0.3 is 9.67 Å². The van der Waals surface area contributed by atoms with Crippen molar-refractivity contribution in [2.24, 2.45) is 0 Å². The van der Waals surface area contributed by atoms with Crippen LogP contribution in [0.2, 0.25) is 5.02 Å². The second-order valence-electron chi connectivity index (χ2n) is 3.61. The van der Waals surface area contributed by atoms with Gasteiger partial charge >= 0.3 is 5.97 Å². The molecule has 0 saturated carbocycles. The predicted molar refractivity (Wildman–Crippen MR) is 64.3 cm³/mol. The van der Waals surface area contributed by atoms with Crippen LogP contribution in [0, 0.1) is 0 Å². The van der Waals surface area contributed by atoms with E-state index in [4.69, 9.17) is 16.7 Å². The van der Waals surface area contributed by atoms with Gasteiger partial charge in [-0.15, -0.1) is 0 Å². The Morgan fingerprint density at radius 1 is 1.47 bits per heavy atom. The van der Waals surface area contributed by atoms with Gasteiger partial charge in [0.05, 0.1) is 5.02 Å². The summed E-state index contributed by atoms with van der Waals surface area (Å²) in [6.45, 7) is 0.547. The summed E-state index contributed by atoms with van der Waals surface area (Å²) in [5.41, 5.74) is 1.12. The maximum atomic E-state index is 11.0. The number of aromatic nitrogens is 2. The van der Waals surface area contributed by atoms with Crippen LogP contribution < -0.4 is 0 Å². The van der Waals surface area contributed by atoms with E-state index >= 15 is 0 Å². The molecule has 0 aliphatic rings. The molecule has 0 atom stereocenters. The molecule has 0 aliphatic heterocycles. The third-order valence-electron chi connectivity index (χ3n) is 2.42. The van der Waals surface area contributed by atoms with Crippen molar-refractivity contribution in [1.29, 1.82) is 0 Å². The summed E-state index contributed by atoms with van der Waals surface area (Å²) in [5, 5.41) is 9.41. The highest BCUT2D eigenvalue weighted by atomic mass is 35.5. The Morgan fingerprint density at radius 3 is 2.94 bits per heavy atom. The number of carbonyl (C=O) groups is 1. The highest BCUT2D eigenvalue weighted by Crippen LogP contribution is 2.14. The number of carboxylic acids is 1. The number of pyridine rings is 1. The van der Waals surface area contributed by atoms with Gasteiger partial charge in [-0.25, -0.2) is 4.79 Å². The molecule has 4 nitrogen and oxygen atoms in total. The van der Waals surface area contributed by atoms with Crippen LogP contribution in [0.1, 0.15) is 16.2 Å². The number of nitrogens with zero attached hydrogens (tertiary/aromatic N) is 2. The van der Waals surface area contributed by atoms with Gasteiger partial charge in [0.2, 0.25) is 0 Å². The molecule has 5 heteroatoms. The molecular formula is C12H11ClN2O2. The summed E-state index contributed by atoms with van der Waals surface area (Å²) in [5.74, 6) is -0.974. The zero-order valence-electron chi connectivity index (χ0n) is 9.01. The zero-order valence-corrected chi connectivity index (χ0v) is 9.76. The van der Waals surface area contributed by atoms with Crippen molar-refractivity contribution in [1.82, 2.24) is 9.55 Å². The summed E-state index contributed by atoms with van der Waals surface area (Å²) in [7, 11) is 0. The molecule has 0 bridgehead atoms. The lowest BCUT2D eigenvalue weighted by Crippen LogP contribution is -2.09. The Kier molecular flexibility index (Phi) is 3.44. The van der Waals surface area contributed by atoms with Gasteiger partial charge in [-0.2, -0.15) is 0 Å². The Hall–Kier alpha value is -1.81. The average Bonchev–Trinajstić information content (AvgIpc) is 2.69. The maximum Gasteiger partial charge on any atom is 0.352 e. The lowest BCUT2D eigenvalue weighted by molar-refractivity contribution is 0.0685. The highest BCUT2D eigenvalue weighted by Gasteiger charge is 2.11. The van der Waals surface area contributed by atoms with Gasteiger partial charge in [0.15, 0.2) is 0 Å². The van der Waals surface area contributed by atoms with Crippen LogP contribution in [0.15, 0.2) is 36.7 Å². The van der Waals surface area contributed by atoms with E-state index in [2.05, 4.69) is 4.98 Å². The summed E-state index contributed by atoms with van der Waals surface area (Å²) in [6, 6.07) is 7.11. The molecule has 0 radical (unpaired) electrons. The Morgan fingerprint density at radius 2 is 2.29 bits per heavy atom. The van der Waals surface area contributed by atoms with E-state index in [-0.39, 0.29) is 5.69 Å². The number of aromatic carboxylic acids is 1. The molecule has 0 unspecified atom stereocenters. The Bertz CT molecular complexity index is 523. The second kappa shape index (κ2) is 5.01. The van der Waals surface area contributed by atoms with Crippen LogP contribution >= 0.6 is 11.6 Å². The molecule has 2 rings (SSSR count). The molecule has 0 saturated heterocycles. The third kappa shape index (κ3) is 2.85. The number of hydrogen-bond acceptors (Lipinski definition) is 2. The minimum atomic E-state index is -0.974. The average molecular weight is 251 g/mol. The summed E-state index contributed by atoms with van der Waals surface area (Å²) >= 11 is 5.79. The molecule has 0 aliphatic carbocycles. The Balaban J connectivity index is 2.11. The molecule has 2 heterocycles. The quantitative estimate of drug-likeness (QED) is 0.907. The molecule has 1 N–H and O–H groups in total. The van der Waals surface area contributed by atoms with Crippen molar-refractivity contribution in [3.63, 3.8) is 0 Å². The van der Waals surface area contributed by atoms with Crippen molar-refractivity contribution in [2.75, 3.05) is 0 Å². The number of carboxylic acid groups (broad SMARTS) is 1. The van der Waals surface area contributed by atoms with Crippen LogP contribution in [0.3, 0.4) is 0 Å². The fourth-order valence-corrected chi connectivity index (χ4v) is 1.84. The van der Waals surface area contributed by atoms with E-state index in [1.165, 1.54) is 6.07 Å². The molecule has 0 spiro atoms. The van der Waals surface area contributed by atoms with Crippen molar-refractivity contribution in [2.45, 2.75) is 13.0 Å². The third-order valence-corrected chi connectivity index (χ3v) is 2.62. The molecule has 0 aromatic carbocycles. The SMILES string of the molecule is O=C(O)c1cc(Cl)cn1CCc1ccccn1. The van der Waals surface area contributed by atoms with Crippen LogP contribution in [-0.2, 0) is 13.0 Å². The fraction of sp³-hybridized carbons (Fsp3) is 0.167. The lowest BCUT2D eigenvalue weighted by atomic mass is 10.2. The van der Waals surface area contributed by atoms with Gasteiger partial charge in [0.25, 0.3) is 0 Å². The van der Waals surface area contributed by atoms with Gasteiger partial charge in [0.1, 0.15) is 5.69 Å². The van der Waals surface area contributed by atoms with Crippen molar-refractivity contribution in [3.8, 4) is 0 Å². The minimum absolute atomic E-state index is 0.200. The molecule has 17 heavy (non-hydrogen) atoms. The standard InChI is InChI=1S/C12H11ClN2O2/c13-9-7-11(12(16)17)15(8-9)6-4-10-3-1-2-5-14-10/h1-3,5,7-8H,4,6H2,(H,16,17). The molecule has 0 fully saturated rings. The molecule has 2 aromatic rings. The van der Waals surface area contributed by atoms with E-state index in [0.717, 1.165) is 5.69 Å². The highest BCUT2D eigenvalue weighted by molar-refractivity contribution is 6.30. The van der Waals surface area contributed by atoms with E-state index in [1.54, 1.807) is 17.0 Å². The number of halogens is 1. The largest absolute Gasteiger partial charge is 0.477 e. The van der Waals surface area contributed by atoms with Crippen molar-refractivity contribution in [3.05, 3.63) is 53.1 Å². The first-order chi connectivity index (χ1) is 8.16. The van der Waals surface area contributed by atoms with Crippen molar-refractivity contribution >= 4 is 17.6 Å². The van der Waals surface area contributed by atoms with Gasteiger partial charge in [0, 0.05) is 31.1 Å².